The largest absolute Gasteiger partial charge is 0.503 e. The van der Waals surface area contributed by atoms with Crippen LogP contribution in [0.25, 0.3) is 11.8 Å². The molecule has 0 saturated carbocycles. The lowest BCUT2D eigenvalue weighted by atomic mass is 9.93. The van der Waals surface area contributed by atoms with Gasteiger partial charge in [-0.05, 0) is 48.4 Å². The molecule has 6 rings (SSSR count). The molecule has 208 valence electrons. The molecule has 1 N–H and O–H groups in total. The van der Waals surface area contributed by atoms with Gasteiger partial charge in [-0.1, -0.05) is 59.3 Å². The lowest BCUT2D eigenvalue weighted by Crippen LogP contribution is -2.40. The Labute approximate surface area is 242 Å². The van der Waals surface area contributed by atoms with Crippen molar-refractivity contribution in [2.45, 2.75) is 13.0 Å². The Morgan fingerprint density at radius 1 is 1.17 bits per heavy atom. The van der Waals surface area contributed by atoms with E-state index in [0.29, 0.717) is 43.2 Å². The normalized spacial score (nSPS) is 15.9. The number of carbonyl (C=O) groups excluding carboxylic acids is 1. The minimum Gasteiger partial charge on any atom is -0.503 e. The third-order valence-corrected chi connectivity index (χ3v) is 7.93. The summed E-state index contributed by atoms with van der Waals surface area (Å²) < 4.78 is 23.7. The van der Waals surface area contributed by atoms with Gasteiger partial charge >= 0.3 is 5.97 Å². The summed E-state index contributed by atoms with van der Waals surface area (Å²) in [6, 6.07) is 16.9. The average Bonchev–Trinajstić information content (AvgIpc) is 3.58. The van der Waals surface area contributed by atoms with E-state index in [9.17, 15) is 14.7 Å². The molecular formula is C30H23ClN2O7S. The van der Waals surface area contributed by atoms with Crippen molar-refractivity contribution >= 4 is 40.7 Å². The molecule has 0 saturated heterocycles. The fraction of sp³-hybridized carbons (Fsp3) is 0.167. The number of hydrogen-bond donors (Lipinski definition) is 1. The third kappa shape index (κ3) is 4.75. The molecular weight excluding hydrogens is 568 g/mol. The molecule has 0 spiro atoms. The summed E-state index contributed by atoms with van der Waals surface area (Å²) in [5.41, 5.74) is 2.15. The topological polar surface area (TPSA) is 109 Å². The van der Waals surface area contributed by atoms with Gasteiger partial charge in [-0.25, -0.2) is 9.79 Å². The summed E-state index contributed by atoms with van der Waals surface area (Å²) in [5, 5.41) is 10.2. The lowest BCUT2D eigenvalue weighted by Gasteiger charge is -2.26. The molecule has 9 nitrogen and oxygen atoms in total. The van der Waals surface area contributed by atoms with Gasteiger partial charge in [-0.2, -0.15) is 0 Å². The van der Waals surface area contributed by atoms with E-state index in [1.54, 1.807) is 37.3 Å². The van der Waals surface area contributed by atoms with E-state index in [0.717, 1.165) is 0 Å². The number of aromatic nitrogens is 1. The van der Waals surface area contributed by atoms with Gasteiger partial charge in [0.15, 0.2) is 27.8 Å². The van der Waals surface area contributed by atoms with Gasteiger partial charge in [-0.15, -0.1) is 0 Å². The highest BCUT2D eigenvalue weighted by Gasteiger charge is 2.36. The molecule has 1 aromatic heterocycles. The second-order valence-corrected chi connectivity index (χ2v) is 10.5. The molecule has 0 aliphatic carbocycles. The highest BCUT2D eigenvalue weighted by molar-refractivity contribution is 7.07. The highest BCUT2D eigenvalue weighted by Crippen LogP contribution is 2.40. The fourth-order valence-corrected chi connectivity index (χ4v) is 6.04. The van der Waals surface area contributed by atoms with Crippen LogP contribution in [0.5, 0.6) is 23.0 Å². The first-order valence-corrected chi connectivity index (χ1v) is 13.8. The Morgan fingerprint density at radius 2 is 1.95 bits per heavy atom. The second kappa shape index (κ2) is 10.8. The summed E-state index contributed by atoms with van der Waals surface area (Å²) in [6.07, 6.45) is 1.64. The van der Waals surface area contributed by atoms with E-state index in [2.05, 4.69) is 0 Å². The Kier molecular flexibility index (Phi) is 7.02. The van der Waals surface area contributed by atoms with Gasteiger partial charge < -0.3 is 24.1 Å². The molecule has 2 aliphatic heterocycles. The zero-order chi connectivity index (χ0) is 28.7. The molecule has 41 heavy (non-hydrogen) atoms. The van der Waals surface area contributed by atoms with Crippen LogP contribution in [0.1, 0.15) is 29.7 Å². The van der Waals surface area contributed by atoms with Gasteiger partial charge in [0, 0.05) is 5.56 Å². The van der Waals surface area contributed by atoms with Crippen LogP contribution in [0.15, 0.2) is 76.0 Å². The SMILES string of the molecule is CCOC(=O)C1=C(c2ccccc2)N=c2s/c(=C/c3cc(Cl)c(O)c(OC)c3)c(=O)n2[C@H]1c1ccc2c(c1)OCO2. The average molecular weight is 591 g/mol. The van der Waals surface area contributed by atoms with Crippen LogP contribution in [0.4, 0.5) is 0 Å². The van der Waals surface area contributed by atoms with Crippen molar-refractivity contribution in [1.29, 1.82) is 0 Å². The Balaban J connectivity index is 1.64. The molecule has 0 fully saturated rings. The molecule has 4 aromatic rings. The van der Waals surface area contributed by atoms with Crippen molar-refractivity contribution < 1.29 is 28.8 Å². The number of benzene rings is 3. The summed E-state index contributed by atoms with van der Waals surface area (Å²) >= 11 is 7.37. The fourth-order valence-electron chi connectivity index (χ4n) is 4.82. The van der Waals surface area contributed by atoms with Crippen molar-refractivity contribution in [2.24, 2.45) is 4.99 Å². The Hall–Kier alpha value is -4.54. The van der Waals surface area contributed by atoms with Crippen molar-refractivity contribution in [3.8, 4) is 23.0 Å². The van der Waals surface area contributed by atoms with Crippen LogP contribution in [-0.4, -0.2) is 36.2 Å². The van der Waals surface area contributed by atoms with Crippen LogP contribution in [0.3, 0.4) is 0 Å². The summed E-state index contributed by atoms with van der Waals surface area (Å²) in [5.74, 6) is 0.483. The number of ether oxygens (including phenoxy) is 4. The van der Waals surface area contributed by atoms with Gasteiger partial charge in [0.05, 0.1) is 40.6 Å². The zero-order valence-corrected chi connectivity index (χ0v) is 23.5. The van der Waals surface area contributed by atoms with Crippen molar-refractivity contribution in [3.05, 3.63) is 108 Å². The predicted octanol–water partition coefficient (Wildman–Crippen LogP) is 4.03. The molecule has 11 heteroatoms. The number of aromatic hydroxyl groups is 1. The zero-order valence-electron chi connectivity index (χ0n) is 21.9. The maximum Gasteiger partial charge on any atom is 0.338 e. The number of carbonyl (C=O) groups is 1. The first kappa shape index (κ1) is 26.7. The molecule has 0 unspecified atom stereocenters. The summed E-state index contributed by atoms with van der Waals surface area (Å²) in [4.78, 5) is 32.9. The number of halogens is 1. The Bertz CT molecular complexity index is 1900. The number of phenols is 1. The molecule has 3 aromatic carbocycles. The van der Waals surface area contributed by atoms with Gasteiger partial charge in [0.25, 0.3) is 5.56 Å². The number of hydrogen-bond acceptors (Lipinski definition) is 9. The van der Waals surface area contributed by atoms with E-state index in [4.69, 9.17) is 35.5 Å². The first-order valence-electron chi connectivity index (χ1n) is 12.6. The van der Waals surface area contributed by atoms with Crippen molar-refractivity contribution in [3.63, 3.8) is 0 Å². The van der Waals surface area contributed by atoms with Crippen LogP contribution in [0.2, 0.25) is 5.02 Å². The number of fused-ring (bicyclic) bond motifs is 2. The third-order valence-electron chi connectivity index (χ3n) is 6.65. The maximum atomic E-state index is 14.0. The van der Waals surface area contributed by atoms with Crippen LogP contribution >= 0.6 is 22.9 Å². The van der Waals surface area contributed by atoms with Gasteiger partial charge in [0.1, 0.15) is 0 Å². The number of phenolic OH excluding ortho intramolecular Hbond substituents is 1. The summed E-state index contributed by atoms with van der Waals surface area (Å²) in [7, 11) is 1.41. The Morgan fingerprint density at radius 3 is 2.71 bits per heavy atom. The maximum absolute atomic E-state index is 14.0. The minimum atomic E-state index is -0.866. The first-order chi connectivity index (χ1) is 19.9. The molecule has 3 heterocycles. The minimum absolute atomic E-state index is 0.0794. The van der Waals surface area contributed by atoms with E-state index >= 15 is 0 Å². The quantitative estimate of drug-likeness (QED) is 0.338. The van der Waals surface area contributed by atoms with Gasteiger partial charge in [-0.3, -0.25) is 9.36 Å². The molecule has 0 radical (unpaired) electrons. The number of thiazole rings is 1. The molecule has 0 bridgehead atoms. The standard InChI is InChI=1S/C30H23ClN2O7S/c1-3-38-29(36)24-25(17-7-5-4-6-8-17)32-30-33(26(24)18-9-10-20-21(14-18)40-15-39-20)28(35)23(41-30)13-16-11-19(31)27(34)22(12-16)37-2/h4-14,26,34H,3,15H2,1-2H3/b23-13+/t26-/m0/s1. The predicted molar refractivity (Wildman–Crippen MR) is 153 cm³/mol. The number of esters is 1. The monoisotopic (exact) mass is 590 g/mol. The smallest absolute Gasteiger partial charge is 0.338 e. The number of methoxy groups -OCH3 is 1. The van der Waals surface area contributed by atoms with E-state index in [1.807, 2.05) is 30.3 Å². The molecule has 0 amide bonds. The molecule has 1 atom stereocenters. The van der Waals surface area contributed by atoms with Gasteiger partial charge in [0.2, 0.25) is 6.79 Å². The number of nitrogens with zero attached hydrogens (tertiary/aromatic N) is 2. The van der Waals surface area contributed by atoms with E-state index < -0.39 is 12.0 Å². The lowest BCUT2D eigenvalue weighted by molar-refractivity contribution is -0.138. The van der Waals surface area contributed by atoms with Crippen LogP contribution in [0, 0.1) is 0 Å². The van der Waals surface area contributed by atoms with Crippen molar-refractivity contribution in [1.82, 2.24) is 4.57 Å². The highest BCUT2D eigenvalue weighted by atomic mass is 35.5. The van der Waals surface area contributed by atoms with Crippen LogP contribution in [-0.2, 0) is 9.53 Å². The van der Waals surface area contributed by atoms with Crippen molar-refractivity contribution in [2.75, 3.05) is 20.5 Å². The molecule has 2 aliphatic rings. The van der Waals surface area contributed by atoms with E-state index in [-0.39, 0.29) is 41.1 Å². The number of rotatable bonds is 6. The second-order valence-electron chi connectivity index (χ2n) is 9.10. The van der Waals surface area contributed by atoms with E-state index in [1.165, 1.54) is 29.1 Å². The summed E-state index contributed by atoms with van der Waals surface area (Å²) in [6.45, 7) is 1.95. The van der Waals surface area contributed by atoms with Crippen LogP contribution < -0.4 is 29.1 Å².